The number of fused-ring (bicyclic) bond motifs is 1. The van der Waals surface area contributed by atoms with Crippen LogP contribution in [0.2, 0.25) is 0 Å². The van der Waals surface area contributed by atoms with Crippen LogP contribution in [-0.2, 0) is 4.74 Å². The molecule has 0 aromatic heterocycles. The van der Waals surface area contributed by atoms with Gasteiger partial charge in [0.15, 0.2) is 11.5 Å². The molecule has 2 aliphatic rings. The summed E-state index contributed by atoms with van der Waals surface area (Å²) >= 11 is 0. The van der Waals surface area contributed by atoms with Crippen LogP contribution in [0.25, 0.3) is 0 Å². The monoisotopic (exact) mass is 382 g/mol. The fourth-order valence-electron chi connectivity index (χ4n) is 3.51. The second-order valence-corrected chi connectivity index (χ2v) is 6.92. The molecule has 7 nitrogen and oxygen atoms in total. The molecular weight excluding hydrogens is 360 g/mol. The van der Waals surface area contributed by atoms with Crippen molar-refractivity contribution < 1.29 is 23.8 Å². The Hall–Kier alpha value is -3.22. The van der Waals surface area contributed by atoms with Gasteiger partial charge in [-0.3, -0.25) is 10.1 Å². The summed E-state index contributed by atoms with van der Waals surface area (Å²) in [6.45, 7) is 0.174. The van der Waals surface area contributed by atoms with Crippen LogP contribution in [0.15, 0.2) is 48.5 Å². The Labute approximate surface area is 163 Å². The van der Waals surface area contributed by atoms with Gasteiger partial charge >= 0.3 is 6.09 Å². The van der Waals surface area contributed by atoms with Crippen molar-refractivity contribution in [3.05, 3.63) is 54.1 Å². The van der Waals surface area contributed by atoms with Gasteiger partial charge in [-0.2, -0.15) is 0 Å². The highest BCUT2D eigenvalue weighted by Gasteiger charge is 2.27. The van der Waals surface area contributed by atoms with Crippen LogP contribution in [0.3, 0.4) is 0 Å². The van der Waals surface area contributed by atoms with E-state index in [1.54, 1.807) is 30.3 Å². The maximum absolute atomic E-state index is 12.6. The summed E-state index contributed by atoms with van der Waals surface area (Å²) < 4.78 is 16.1. The highest BCUT2D eigenvalue weighted by Crippen LogP contribution is 2.32. The zero-order valence-corrected chi connectivity index (χ0v) is 15.4. The van der Waals surface area contributed by atoms with Gasteiger partial charge in [0.05, 0.1) is 0 Å². The third-order valence-electron chi connectivity index (χ3n) is 4.89. The van der Waals surface area contributed by atoms with Gasteiger partial charge in [0, 0.05) is 23.7 Å². The van der Waals surface area contributed by atoms with E-state index >= 15 is 0 Å². The Morgan fingerprint density at radius 1 is 1.00 bits per heavy atom. The summed E-state index contributed by atoms with van der Waals surface area (Å²) in [5.74, 6) is 1.06. The van der Waals surface area contributed by atoms with E-state index < -0.39 is 6.09 Å². The Kier molecular flexibility index (Phi) is 5.32. The first-order valence-electron chi connectivity index (χ1n) is 9.40. The number of carbonyl (C=O) groups is 2. The molecule has 0 spiro atoms. The van der Waals surface area contributed by atoms with Crippen molar-refractivity contribution in [3.63, 3.8) is 0 Å². The van der Waals surface area contributed by atoms with Crippen molar-refractivity contribution in [1.29, 1.82) is 0 Å². The smallest absolute Gasteiger partial charge is 0.411 e. The Morgan fingerprint density at radius 2 is 1.82 bits per heavy atom. The van der Waals surface area contributed by atoms with E-state index in [9.17, 15) is 9.59 Å². The highest BCUT2D eigenvalue weighted by atomic mass is 16.7. The maximum Gasteiger partial charge on any atom is 0.411 e. The molecular formula is C21H22N2O5. The third-order valence-corrected chi connectivity index (χ3v) is 4.89. The maximum atomic E-state index is 12.6. The van der Waals surface area contributed by atoms with Gasteiger partial charge in [-0.15, -0.1) is 0 Å². The first kappa shape index (κ1) is 18.2. The van der Waals surface area contributed by atoms with E-state index in [2.05, 4.69) is 10.6 Å². The summed E-state index contributed by atoms with van der Waals surface area (Å²) in [5.41, 5.74) is 1.21. The molecule has 2 amide bonds. The molecule has 2 aromatic carbocycles. The van der Waals surface area contributed by atoms with Crippen LogP contribution in [-0.4, -0.2) is 30.9 Å². The number of hydrogen-bond donors (Lipinski definition) is 2. The number of amides is 2. The van der Waals surface area contributed by atoms with Gasteiger partial charge in [-0.1, -0.05) is 18.2 Å². The van der Waals surface area contributed by atoms with Crippen LogP contribution >= 0.6 is 0 Å². The molecule has 2 N–H and O–H groups in total. The summed E-state index contributed by atoms with van der Waals surface area (Å²) in [5, 5.41) is 5.75. The topological polar surface area (TPSA) is 85.9 Å². The lowest BCUT2D eigenvalue weighted by Crippen LogP contribution is -2.41. The predicted molar refractivity (Wildman–Crippen MR) is 103 cm³/mol. The molecule has 0 radical (unpaired) electrons. The minimum Gasteiger partial charge on any atom is -0.454 e. The number of hydrogen-bond acceptors (Lipinski definition) is 5. The second-order valence-electron chi connectivity index (χ2n) is 6.92. The number of para-hydroxylation sites is 1. The molecule has 1 aliphatic heterocycles. The van der Waals surface area contributed by atoms with Crippen LogP contribution in [0.5, 0.6) is 11.5 Å². The largest absolute Gasteiger partial charge is 0.454 e. The van der Waals surface area contributed by atoms with Gasteiger partial charge in [0.2, 0.25) is 6.79 Å². The quantitative estimate of drug-likeness (QED) is 0.842. The summed E-state index contributed by atoms with van der Waals surface area (Å²) in [4.78, 5) is 24.6. The van der Waals surface area contributed by atoms with E-state index in [0.717, 1.165) is 19.3 Å². The zero-order chi connectivity index (χ0) is 19.3. The number of nitrogens with one attached hydrogen (secondary N) is 2. The Morgan fingerprint density at radius 3 is 2.68 bits per heavy atom. The van der Waals surface area contributed by atoms with E-state index in [0.29, 0.717) is 29.2 Å². The predicted octanol–water partition coefficient (Wildman–Crippen LogP) is 3.71. The van der Waals surface area contributed by atoms with Gasteiger partial charge < -0.3 is 19.5 Å². The average Bonchev–Trinajstić information content (AvgIpc) is 3.16. The van der Waals surface area contributed by atoms with Crippen molar-refractivity contribution in [2.24, 2.45) is 0 Å². The number of rotatable bonds is 4. The molecule has 0 saturated heterocycles. The fourth-order valence-corrected chi connectivity index (χ4v) is 3.51. The molecule has 28 heavy (non-hydrogen) atoms. The van der Waals surface area contributed by atoms with Crippen molar-refractivity contribution in [2.45, 2.75) is 37.8 Å². The lowest BCUT2D eigenvalue weighted by atomic mass is 9.92. The van der Waals surface area contributed by atoms with Crippen LogP contribution in [0.1, 0.15) is 36.0 Å². The van der Waals surface area contributed by atoms with Crippen LogP contribution in [0, 0.1) is 0 Å². The van der Waals surface area contributed by atoms with Crippen molar-refractivity contribution in [3.8, 4) is 11.5 Å². The molecule has 2 atom stereocenters. The van der Waals surface area contributed by atoms with Crippen molar-refractivity contribution in [2.75, 3.05) is 12.1 Å². The Balaban J connectivity index is 1.30. The van der Waals surface area contributed by atoms with Crippen LogP contribution in [0.4, 0.5) is 10.5 Å². The molecule has 0 bridgehead atoms. The summed E-state index contributed by atoms with van der Waals surface area (Å²) in [7, 11) is 0. The average molecular weight is 382 g/mol. The van der Waals surface area contributed by atoms with E-state index in [-0.39, 0.29) is 24.8 Å². The van der Waals surface area contributed by atoms with Crippen LogP contribution < -0.4 is 20.1 Å². The van der Waals surface area contributed by atoms with E-state index in [1.807, 2.05) is 18.2 Å². The molecule has 1 heterocycles. The van der Waals surface area contributed by atoms with Gasteiger partial charge in [-0.05, 0) is 49.6 Å². The molecule has 0 unspecified atom stereocenters. The first-order chi connectivity index (χ1) is 13.7. The minimum atomic E-state index is -0.473. The molecule has 1 fully saturated rings. The van der Waals surface area contributed by atoms with E-state index in [4.69, 9.17) is 14.2 Å². The number of benzene rings is 2. The molecule has 4 rings (SSSR count). The zero-order valence-electron chi connectivity index (χ0n) is 15.4. The fraction of sp³-hybridized carbons (Fsp3) is 0.333. The summed E-state index contributed by atoms with van der Waals surface area (Å²) in [6.07, 6.45) is 2.43. The standard InChI is InChI=1S/C21H22N2O5/c24-20(14-9-10-18-19(11-14)27-13-26-18)22-16-7-4-8-17(12-16)28-21(25)23-15-5-2-1-3-6-15/h1-3,5-6,9-11,16-17H,4,7-8,12-13H2,(H,22,24)(H,23,25)/t16-,17-/m0/s1. The number of ether oxygens (including phenoxy) is 3. The molecule has 7 heteroatoms. The molecule has 1 aliphatic carbocycles. The van der Waals surface area contributed by atoms with E-state index in [1.165, 1.54) is 0 Å². The molecule has 1 saturated carbocycles. The van der Waals surface area contributed by atoms with Crippen molar-refractivity contribution in [1.82, 2.24) is 5.32 Å². The van der Waals surface area contributed by atoms with Gasteiger partial charge in [0.25, 0.3) is 5.91 Å². The molecule has 2 aromatic rings. The van der Waals surface area contributed by atoms with Gasteiger partial charge in [-0.25, -0.2) is 4.79 Å². The Bertz CT molecular complexity index is 855. The van der Waals surface area contributed by atoms with Crippen molar-refractivity contribution >= 4 is 17.7 Å². The third kappa shape index (κ3) is 4.36. The second kappa shape index (κ2) is 8.21. The SMILES string of the molecule is O=C(Nc1ccccc1)O[C@H]1CCC[C@H](NC(=O)c2ccc3c(c2)OCO3)C1. The summed E-state index contributed by atoms with van der Waals surface area (Å²) in [6, 6.07) is 14.3. The minimum absolute atomic E-state index is 0.0406. The number of anilines is 1. The normalized spacial score (nSPS) is 20.3. The van der Waals surface area contributed by atoms with Gasteiger partial charge in [0.1, 0.15) is 6.10 Å². The first-order valence-corrected chi connectivity index (χ1v) is 9.40. The highest BCUT2D eigenvalue weighted by molar-refractivity contribution is 5.95. The lowest BCUT2D eigenvalue weighted by molar-refractivity contribution is 0.0712. The lowest BCUT2D eigenvalue weighted by Gasteiger charge is -2.29. The molecule has 146 valence electrons. The number of carbonyl (C=O) groups excluding carboxylic acids is 2.